The van der Waals surface area contributed by atoms with E-state index in [9.17, 15) is 9.59 Å². The number of furan rings is 1. The maximum atomic E-state index is 12.3. The number of hydrogen-bond donors (Lipinski definition) is 1. The molecule has 0 spiro atoms. The van der Waals surface area contributed by atoms with Crippen molar-refractivity contribution in [2.75, 3.05) is 11.9 Å². The van der Waals surface area contributed by atoms with Crippen molar-refractivity contribution < 1.29 is 18.7 Å². The summed E-state index contributed by atoms with van der Waals surface area (Å²) in [5.41, 5.74) is 1.51. The number of carbonyl (C=O) groups is 2. The maximum absolute atomic E-state index is 12.3. The number of nitrogens with one attached hydrogen (secondary N) is 1. The topological polar surface area (TPSA) is 68.5 Å². The maximum Gasteiger partial charge on any atom is 0.340 e. The molecule has 5 nitrogen and oxygen atoms in total. The van der Waals surface area contributed by atoms with Crippen molar-refractivity contribution in [2.24, 2.45) is 0 Å². The van der Waals surface area contributed by atoms with Gasteiger partial charge in [-0.05, 0) is 24.3 Å². The summed E-state index contributed by atoms with van der Waals surface area (Å²) < 4.78 is 10.4. The standard InChI is InChI=1S/C20H17NO4/c22-19(15-7-2-1-3-8-15)14-25-20(23)17-10-4-5-11-18(17)21-13-16-9-6-12-24-16/h1-12,21H,13-14H2. The normalized spacial score (nSPS) is 10.2. The summed E-state index contributed by atoms with van der Waals surface area (Å²) in [6, 6.07) is 19.4. The molecule has 0 atom stereocenters. The van der Waals surface area contributed by atoms with E-state index in [1.807, 2.05) is 18.2 Å². The molecule has 0 saturated heterocycles. The van der Waals surface area contributed by atoms with Gasteiger partial charge in [-0.2, -0.15) is 0 Å². The SMILES string of the molecule is O=C(COC(=O)c1ccccc1NCc1ccco1)c1ccccc1. The molecule has 0 aliphatic rings. The zero-order valence-corrected chi connectivity index (χ0v) is 13.5. The number of anilines is 1. The van der Waals surface area contributed by atoms with Crippen LogP contribution in [0.15, 0.2) is 77.4 Å². The first-order valence-corrected chi connectivity index (χ1v) is 7.84. The molecule has 0 radical (unpaired) electrons. The number of Topliss-reactive ketones (excluding diaryl/α,β-unsaturated/α-hetero) is 1. The molecule has 3 aromatic rings. The fourth-order valence-corrected chi connectivity index (χ4v) is 2.33. The molecule has 5 heteroatoms. The fraction of sp³-hybridized carbons (Fsp3) is 0.100. The van der Waals surface area contributed by atoms with Gasteiger partial charge in [0.15, 0.2) is 12.4 Å². The second-order valence-corrected chi connectivity index (χ2v) is 5.34. The van der Waals surface area contributed by atoms with Crippen molar-refractivity contribution in [1.82, 2.24) is 0 Å². The first kappa shape index (κ1) is 16.5. The van der Waals surface area contributed by atoms with E-state index in [0.717, 1.165) is 5.76 Å². The van der Waals surface area contributed by atoms with Gasteiger partial charge in [0.2, 0.25) is 0 Å². The lowest BCUT2D eigenvalue weighted by Gasteiger charge is -2.10. The highest BCUT2D eigenvalue weighted by Gasteiger charge is 2.15. The van der Waals surface area contributed by atoms with Gasteiger partial charge in [-0.3, -0.25) is 4.79 Å². The Bertz CT molecular complexity index is 841. The predicted octanol–water partition coefficient (Wildman–Crippen LogP) is 3.93. The first-order valence-electron chi connectivity index (χ1n) is 7.84. The number of esters is 1. The number of carbonyl (C=O) groups excluding carboxylic acids is 2. The predicted molar refractivity (Wildman–Crippen MR) is 93.5 cm³/mol. The van der Waals surface area contributed by atoms with Gasteiger partial charge in [0.25, 0.3) is 0 Å². The molecule has 0 aliphatic carbocycles. The van der Waals surface area contributed by atoms with Crippen LogP contribution in [0, 0.1) is 0 Å². The van der Waals surface area contributed by atoms with Crippen LogP contribution in [0.4, 0.5) is 5.69 Å². The second kappa shape index (κ2) is 7.97. The van der Waals surface area contributed by atoms with Crippen LogP contribution in [0.2, 0.25) is 0 Å². The fourth-order valence-electron chi connectivity index (χ4n) is 2.33. The third-order valence-corrected chi connectivity index (χ3v) is 3.61. The highest BCUT2D eigenvalue weighted by Crippen LogP contribution is 2.17. The Morgan fingerprint density at radius 3 is 2.44 bits per heavy atom. The summed E-state index contributed by atoms with van der Waals surface area (Å²) in [5.74, 6) is -0.0378. The Hall–Kier alpha value is -3.34. The van der Waals surface area contributed by atoms with Crippen LogP contribution in [0.25, 0.3) is 0 Å². The Morgan fingerprint density at radius 2 is 1.68 bits per heavy atom. The lowest BCUT2D eigenvalue weighted by Crippen LogP contribution is -2.15. The molecule has 1 aromatic heterocycles. The van der Waals surface area contributed by atoms with E-state index in [-0.39, 0.29) is 12.4 Å². The van der Waals surface area contributed by atoms with Gasteiger partial charge in [0.05, 0.1) is 18.4 Å². The molecule has 0 unspecified atom stereocenters. The first-order chi connectivity index (χ1) is 12.2. The van der Waals surface area contributed by atoms with E-state index in [1.165, 1.54) is 0 Å². The molecule has 0 fully saturated rings. The van der Waals surface area contributed by atoms with Crippen LogP contribution in [0.5, 0.6) is 0 Å². The molecule has 126 valence electrons. The third kappa shape index (κ3) is 4.35. The van der Waals surface area contributed by atoms with Crippen LogP contribution in [-0.2, 0) is 11.3 Å². The van der Waals surface area contributed by atoms with Crippen molar-refractivity contribution in [1.29, 1.82) is 0 Å². The Labute approximate surface area is 145 Å². The Balaban J connectivity index is 1.62. The van der Waals surface area contributed by atoms with Crippen molar-refractivity contribution in [3.8, 4) is 0 Å². The quantitative estimate of drug-likeness (QED) is 0.523. The molecular formula is C20H17NO4. The van der Waals surface area contributed by atoms with E-state index in [4.69, 9.17) is 9.15 Å². The van der Waals surface area contributed by atoms with Crippen LogP contribution in [-0.4, -0.2) is 18.4 Å². The lowest BCUT2D eigenvalue weighted by atomic mass is 10.1. The molecule has 25 heavy (non-hydrogen) atoms. The monoisotopic (exact) mass is 335 g/mol. The highest BCUT2D eigenvalue weighted by molar-refractivity contribution is 6.00. The molecule has 0 bridgehead atoms. The van der Waals surface area contributed by atoms with E-state index in [0.29, 0.717) is 23.4 Å². The lowest BCUT2D eigenvalue weighted by molar-refractivity contribution is 0.0475. The van der Waals surface area contributed by atoms with Gasteiger partial charge in [0.1, 0.15) is 5.76 Å². The van der Waals surface area contributed by atoms with Crippen molar-refractivity contribution in [3.63, 3.8) is 0 Å². The minimum absolute atomic E-state index is 0.241. The van der Waals surface area contributed by atoms with E-state index >= 15 is 0 Å². The molecule has 0 amide bonds. The number of benzene rings is 2. The molecule has 0 saturated carbocycles. The molecule has 2 aromatic carbocycles. The number of hydrogen-bond acceptors (Lipinski definition) is 5. The average molecular weight is 335 g/mol. The molecule has 1 heterocycles. The minimum Gasteiger partial charge on any atom is -0.467 e. The minimum atomic E-state index is -0.549. The van der Waals surface area contributed by atoms with Crippen LogP contribution >= 0.6 is 0 Å². The zero-order valence-electron chi connectivity index (χ0n) is 13.5. The molecule has 0 aliphatic heterocycles. The molecular weight excluding hydrogens is 318 g/mol. The highest BCUT2D eigenvalue weighted by atomic mass is 16.5. The van der Waals surface area contributed by atoms with E-state index in [1.54, 1.807) is 54.8 Å². The van der Waals surface area contributed by atoms with E-state index in [2.05, 4.69) is 5.32 Å². The van der Waals surface area contributed by atoms with Gasteiger partial charge < -0.3 is 14.5 Å². The van der Waals surface area contributed by atoms with Crippen LogP contribution in [0.1, 0.15) is 26.5 Å². The third-order valence-electron chi connectivity index (χ3n) is 3.61. The molecule has 1 N–H and O–H groups in total. The van der Waals surface area contributed by atoms with Gasteiger partial charge in [0, 0.05) is 11.3 Å². The van der Waals surface area contributed by atoms with Crippen molar-refractivity contribution in [2.45, 2.75) is 6.54 Å². The second-order valence-electron chi connectivity index (χ2n) is 5.34. The summed E-state index contributed by atoms with van der Waals surface area (Å²) in [6.45, 7) is 0.148. The number of rotatable bonds is 7. The van der Waals surface area contributed by atoms with Gasteiger partial charge in [-0.1, -0.05) is 42.5 Å². The smallest absolute Gasteiger partial charge is 0.340 e. The summed E-state index contributed by atoms with van der Waals surface area (Å²) in [6.07, 6.45) is 1.59. The summed E-state index contributed by atoms with van der Waals surface area (Å²) in [7, 11) is 0. The van der Waals surface area contributed by atoms with E-state index < -0.39 is 5.97 Å². The number of ketones is 1. The summed E-state index contributed by atoms with van der Waals surface area (Å²) >= 11 is 0. The average Bonchev–Trinajstić information content (AvgIpc) is 3.18. The zero-order chi connectivity index (χ0) is 17.5. The number of para-hydroxylation sites is 1. The summed E-state index contributed by atoms with van der Waals surface area (Å²) in [4.78, 5) is 24.4. The van der Waals surface area contributed by atoms with Gasteiger partial charge in [-0.15, -0.1) is 0 Å². The largest absolute Gasteiger partial charge is 0.467 e. The van der Waals surface area contributed by atoms with Crippen LogP contribution < -0.4 is 5.32 Å². The molecule has 3 rings (SSSR count). The van der Waals surface area contributed by atoms with Crippen molar-refractivity contribution >= 4 is 17.4 Å². The Morgan fingerprint density at radius 1 is 0.920 bits per heavy atom. The van der Waals surface area contributed by atoms with Gasteiger partial charge >= 0.3 is 5.97 Å². The van der Waals surface area contributed by atoms with Crippen LogP contribution in [0.3, 0.4) is 0 Å². The van der Waals surface area contributed by atoms with Crippen molar-refractivity contribution in [3.05, 3.63) is 89.9 Å². The Kier molecular flexibility index (Phi) is 5.26. The number of ether oxygens (including phenoxy) is 1. The summed E-state index contributed by atoms with van der Waals surface area (Å²) in [5, 5.41) is 3.14. The van der Waals surface area contributed by atoms with Gasteiger partial charge in [-0.25, -0.2) is 4.79 Å².